The van der Waals surface area contributed by atoms with Gasteiger partial charge in [0.15, 0.2) is 0 Å². The maximum absolute atomic E-state index is 11.8. The van der Waals surface area contributed by atoms with Gasteiger partial charge in [-0.2, -0.15) is 0 Å². The molecule has 148 valence electrons. The first-order chi connectivity index (χ1) is 10.4. The summed E-state index contributed by atoms with van der Waals surface area (Å²) >= 11 is 0. The second-order valence-corrected chi connectivity index (χ2v) is 6.05. The summed E-state index contributed by atoms with van der Waals surface area (Å²) in [6.45, 7) is -1.93. The average Bonchev–Trinajstić information content (AvgIpc) is 2.50. The van der Waals surface area contributed by atoms with Gasteiger partial charge in [-0.05, 0) is 11.6 Å². The minimum atomic E-state index is -1.49. The molecule has 0 saturated carbocycles. The molecule has 11 heteroatoms. The number of methoxy groups -OCH3 is 1. The van der Waals surface area contributed by atoms with Crippen LogP contribution in [0.15, 0.2) is 23.2 Å². The molecular formula is C14H21MoNO8S-6. The van der Waals surface area contributed by atoms with Crippen LogP contribution in [0.3, 0.4) is 0 Å². The first-order valence-corrected chi connectivity index (χ1v) is 8.26. The molecule has 1 aromatic carbocycles. The molecule has 0 unspecified atom stereocenters. The maximum atomic E-state index is 11.8. The van der Waals surface area contributed by atoms with Crippen LogP contribution < -0.4 is 14.9 Å². The number of nitrogens with zero attached hydrogens (tertiary/aromatic N) is 1. The number of aliphatic imine (C=N–C) groups is 1. The Bertz CT molecular complexity index is 499. The summed E-state index contributed by atoms with van der Waals surface area (Å²) in [4.78, 5) is 3.82. The van der Waals surface area contributed by atoms with Crippen molar-refractivity contribution >= 4 is 17.0 Å². The predicted molar refractivity (Wildman–Crippen MR) is 83.2 cm³/mol. The molecule has 0 aliphatic rings. The Labute approximate surface area is 163 Å². The van der Waals surface area contributed by atoms with E-state index in [1.807, 2.05) is 0 Å². The third-order valence-electron chi connectivity index (χ3n) is 2.56. The van der Waals surface area contributed by atoms with E-state index >= 15 is 0 Å². The van der Waals surface area contributed by atoms with Crippen molar-refractivity contribution in [2.45, 2.75) is 5.54 Å². The van der Waals surface area contributed by atoms with Crippen molar-refractivity contribution in [1.29, 1.82) is 0 Å². The molecule has 1 aromatic rings. The molecule has 0 bridgehead atoms. The fraction of sp³-hybridized carbons (Fsp3) is 0.500. The third kappa shape index (κ3) is 11.4. The van der Waals surface area contributed by atoms with E-state index in [-0.39, 0.29) is 49.1 Å². The first-order valence-electron chi connectivity index (χ1n) is 6.30. The Morgan fingerprint density at radius 3 is 2.12 bits per heavy atom. The second kappa shape index (κ2) is 16.6. The zero-order valence-corrected chi connectivity index (χ0v) is 16.9. The first kappa shape index (κ1) is 31.9. The zero-order chi connectivity index (χ0) is 17.2. The molecule has 1 rings (SSSR count). The number of hydrogen-bond acceptors (Lipinski definition) is 7. The Hall–Kier alpha value is -0.872. The normalized spacial score (nSPS) is 10.0. The van der Waals surface area contributed by atoms with Crippen LogP contribution in [-0.2, 0) is 42.8 Å². The second-order valence-electron chi connectivity index (χ2n) is 4.56. The van der Waals surface area contributed by atoms with Gasteiger partial charge in [0.05, 0.1) is 25.9 Å². The van der Waals surface area contributed by atoms with Crippen molar-refractivity contribution in [3.8, 4) is 11.5 Å². The third-order valence-corrected chi connectivity index (χ3v) is 2.56. The van der Waals surface area contributed by atoms with Crippen molar-refractivity contribution in [2.75, 3.05) is 39.4 Å². The van der Waals surface area contributed by atoms with Crippen LogP contribution in [0.2, 0.25) is 0 Å². The van der Waals surface area contributed by atoms with Crippen molar-refractivity contribution in [3.63, 3.8) is 0 Å². The molecule has 0 aliphatic heterocycles. The summed E-state index contributed by atoms with van der Waals surface area (Å²) in [6.07, 6.45) is 4.45. The van der Waals surface area contributed by atoms with Gasteiger partial charge < -0.3 is 36.1 Å². The van der Waals surface area contributed by atoms with Gasteiger partial charge in [0.2, 0.25) is 0 Å². The van der Waals surface area contributed by atoms with E-state index in [2.05, 4.69) is 4.99 Å². The largest absolute Gasteiger partial charge is 2.00 e. The van der Waals surface area contributed by atoms with Crippen LogP contribution in [0.5, 0.6) is 11.5 Å². The SMILES string of the molecule is COc1cccc(C=NC(C[O-])(CO)CO)c1[O-].CS(C)=O.[Mo].[O-2].[O-2]. The molecule has 0 aromatic heterocycles. The Morgan fingerprint density at radius 2 is 1.76 bits per heavy atom. The summed E-state index contributed by atoms with van der Waals surface area (Å²) in [7, 11) is 0.765. The number of para-hydroxylation sites is 1. The van der Waals surface area contributed by atoms with Gasteiger partial charge >= 0.3 is 0 Å². The number of rotatable bonds is 6. The Morgan fingerprint density at radius 1 is 1.28 bits per heavy atom. The molecule has 0 saturated heterocycles. The minimum Gasteiger partial charge on any atom is -2.00 e. The van der Waals surface area contributed by atoms with Crippen LogP contribution in [0, 0.1) is 0 Å². The van der Waals surface area contributed by atoms with Crippen molar-refractivity contribution in [2.24, 2.45) is 4.99 Å². The number of hydrogen-bond donors (Lipinski definition) is 2. The van der Waals surface area contributed by atoms with Gasteiger partial charge in [0, 0.05) is 50.6 Å². The molecule has 0 aliphatic carbocycles. The van der Waals surface area contributed by atoms with E-state index in [4.69, 9.17) is 14.9 Å². The zero-order valence-electron chi connectivity index (χ0n) is 14.0. The van der Waals surface area contributed by atoms with E-state index in [1.54, 1.807) is 18.6 Å². The Kier molecular flexibility index (Phi) is 21.1. The Balaban J connectivity index is -0.000000285. The molecule has 0 fully saturated rings. The fourth-order valence-electron chi connectivity index (χ4n) is 1.26. The standard InChI is InChI=1S/C12H16NO5.C2H6OS.Mo.2O/c1-18-10-4-2-3-9(11(10)17)5-13-12(6-14,7-15)8-16;1-4(2)3;;;/h2-5,14-15,17H,6-8H2,1H3;1-2H3;;;/q-1;;;2*-2/p-1. The molecule has 0 radical (unpaired) electrons. The fourth-order valence-corrected chi connectivity index (χ4v) is 1.26. The number of aliphatic hydroxyl groups is 2. The van der Waals surface area contributed by atoms with E-state index in [9.17, 15) is 14.4 Å². The summed E-state index contributed by atoms with van der Waals surface area (Å²) in [5, 5.41) is 40.8. The number of aliphatic hydroxyl groups excluding tert-OH is 2. The number of ether oxygens (including phenoxy) is 1. The predicted octanol–water partition coefficient (Wildman–Crippen LogP) is -1.97. The van der Waals surface area contributed by atoms with Gasteiger partial charge in [-0.25, -0.2) is 0 Å². The molecule has 0 spiro atoms. The minimum absolute atomic E-state index is 0. The van der Waals surface area contributed by atoms with Crippen LogP contribution in [0.4, 0.5) is 0 Å². The van der Waals surface area contributed by atoms with Crippen molar-refractivity contribution < 1.29 is 61.4 Å². The molecule has 0 atom stereocenters. The van der Waals surface area contributed by atoms with Gasteiger partial charge in [0.25, 0.3) is 0 Å². The summed E-state index contributed by atoms with van der Waals surface area (Å²) in [6, 6.07) is 4.63. The number of benzene rings is 1. The van der Waals surface area contributed by atoms with Gasteiger partial charge in [-0.15, -0.1) is 6.61 Å². The molecular weight excluding hydrogens is 438 g/mol. The molecule has 25 heavy (non-hydrogen) atoms. The quantitative estimate of drug-likeness (QED) is 0.367. The topological polar surface area (TPSA) is 182 Å². The van der Waals surface area contributed by atoms with Gasteiger partial charge in [0.1, 0.15) is 5.75 Å². The van der Waals surface area contributed by atoms with Crippen molar-refractivity contribution in [1.82, 2.24) is 0 Å². The van der Waals surface area contributed by atoms with Gasteiger partial charge in [-0.3, -0.25) is 9.20 Å². The smallest absolute Gasteiger partial charge is 0.111 e. The summed E-state index contributed by atoms with van der Waals surface area (Å²) in [5.41, 5.74) is -1.26. The van der Waals surface area contributed by atoms with Gasteiger partial charge in [-0.1, -0.05) is 17.9 Å². The molecule has 0 amide bonds. The monoisotopic (exact) mass is 461 g/mol. The van der Waals surface area contributed by atoms with Crippen LogP contribution in [0.1, 0.15) is 5.56 Å². The van der Waals surface area contributed by atoms with Crippen molar-refractivity contribution in [3.05, 3.63) is 23.8 Å². The summed E-state index contributed by atoms with van der Waals surface area (Å²) in [5.74, 6) is -0.195. The van der Waals surface area contributed by atoms with E-state index in [1.165, 1.54) is 25.5 Å². The molecule has 0 heterocycles. The van der Waals surface area contributed by atoms with E-state index in [0.717, 1.165) is 0 Å². The van der Waals surface area contributed by atoms with E-state index < -0.39 is 36.2 Å². The molecule has 2 N–H and O–H groups in total. The molecule has 9 nitrogen and oxygen atoms in total. The van der Waals surface area contributed by atoms with E-state index in [0.29, 0.717) is 0 Å². The van der Waals surface area contributed by atoms with Crippen LogP contribution >= 0.6 is 0 Å². The maximum Gasteiger partial charge on any atom is 0.111 e. The average molecular weight is 459 g/mol. The van der Waals surface area contributed by atoms with Crippen LogP contribution in [0.25, 0.3) is 0 Å². The summed E-state index contributed by atoms with van der Waals surface area (Å²) < 4.78 is 14.4. The van der Waals surface area contributed by atoms with Crippen LogP contribution in [-0.4, -0.2) is 65.6 Å².